The second-order valence-electron chi connectivity index (χ2n) is 3.43. The van der Waals surface area contributed by atoms with Gasteiger partial charge in [-0.15, -0.1) is 0 Å². The first-order chi connectivity index (χ1) is 6.44. The lowest BCUT2D eigenvalue weighted by Crippen LogP contribution is -2.34. The van der Waals surface area contributed by atoms with Crippen molar-refractivity contribution in [2.24, 2.45) is 0 Å². The number of hydrogen-bond donors (Lipinski definition) is 2. The van der Waals surface area contributed by atoms with Gasteiger partial charge >= 0.3 is 5.00 Å². The number of nitro groups is 1. The van der Waals surface area contributed by atoms with Crippen LogP contribution in [0.2, 0.25) is 0 Å². The van der Waals surface area contributed by atoms with Gasteiger partial charge in [-0.1, -0.05) is 0 Å². The normalized spacial score (nSPS) is 11.4. The van der Waals surface area contributed by atoms with E-state index in [0.29, 0.717) is 5.13 Å². The van der Waals surface area contributed by atoms with E-state index < -0.39 is 10.5 Å². The van der Waals surface area contributed by atoms with E-state index in [2.05, 4.69) is 10.3 Å². The van der Waals surface area contributed by atoms with Gasteiger partial charge in [0.25, 0.3) is 0 Å². The zero-order valence-corrected chi connectivity index (χ0v) is 8.67. The molecule has 0 aliphatic rings. The summed E-state index contributed by atoms with van der Waals surface area (Å²) in [4.78, 5) is 13.7. The number of nitrogens with zero attached hydrogens (tertiary/aromatic N) is 2. The summed E-state index contributed by atoms with van der Waals surface area (Å²) in [5, 5.41) is 22.6. The van der Waals surface area contributed by atoms with E-state index >= 15 is 0 Å². The number of nitrogens with one attached hydrogen (secondary N) is 1. The molecule has 78 valence electrons. The smallest absolute Gasteiger partial charge is 0.345 e. The highest BCUT2D eigenvalue weighted by molar-refractivity contribution is 7.18. The Balaban J connectivity index is 2.73. The molecule has 0 radical (unpaired) electrons. The maximum atomic E-state index is 10.3. The minimum absolute atomic E-state index is 0.0127. The molecule has 0 aromatic carbocycles. The summed E-state index contributed by atoms with van der Waals surface area (Å²) in [6.07, 6.45) is 1.19. The van der Waals surface area contributed by atoms with Crippen molar-refractivity contribution < 1.29 is 10.0 Å². The molecule has 0 atom stereocenters. The predicted octanol–water partition coefficient (Wildman–Crippen LogP) is 1.23. The second-order valence-corrected chi connectivity index (χ2v) is 4.44. The number of aliphatic hydroxyl groups is 1. The monoisotopic (exact) mass is 217 g/mol. The van der Waals surface area contributed by atoms with Crippen molar-refractivity contribution in [3.05, 3.63) is 16.3 Å². The number of aromatic nitrogens is 1. The van der Waals surface area contributed by atoms with E-state index in [9.17, 15) is 10.1 Å². The number of thiazole rings is 1. The number of rotatable bonds is 4. The van der Waals surface area contributed by atoms with Crippen molar-refractivity contribution in [2.45, 2.75) is 19.4 Å². The van der Waals surface area contributed by atoms with Crippen LogP contribution in [0.3, 0.4) is 0 Å². The van der Waals surface area contributed by atoms with Gasteiger partial charge in [-0.3, -0.25) is 10.1 Å². The van der Waals surface area contributed by atoms with Crippen LogP contribution in [0.25, 0.3) is 0 Å². The minimum atomic E-state index is -0.522. The average Bonchev–Trinajstić information content (AvgIpc) is 2.52. The lowest BCUT2D eigenvalue weighted by Gasteiger charge is -2.22. The van der Waals surface area contributed by atoms with Gasteiger partial charge in [0.1, 0.15) is 6.20 Å². The molecule has 0 fully saturated rings. The van der Waals surface area contributed by atoms with E-state index in [4.69, 9.17) is 5.11 Å². The molecule has 1 aromatic rings. The van der Waals surface area contributed by atoms with Gasteiger partial charge in [-0.25, -0.2) is 4.98 Å². The predicted molar refractivity (Wildman–Crippen MR) is 53.6 cm³/mol. The summed E-state index contributed by atoms with van der Waals surface area (Å²) in [5.74, 6) is 0. The molecule has 0 amide bonds. The van der Waals surface area contributed by atoms with Crippen molar-refractivity contribution in [1.82, 2.24) is 4.98 Å². The van der Waals surface area contributed by atoms with Gasteiger partial charge in [0.2, 0.25) is 0 Å². The van der Waals surface area contributed by atoms with Crippen LogP contribution >= 0.6 is 11.3 Å². The molecule has 0 unspecified atom stereocenters. The van der Waals surface area contributed by atoms with Crippen molar-refractivity contribution in [2.75, 3.05) is 11.9 Å². The molecular weight excluding hydrogens is 206 g/mol. The molecule has 0 aliphatic carbocycles. The van der Waals surface area contributed by atoms with E-state index in [1.165, 1.54) is 6.20 Å². The first-order valence-corrected chi connectivity index (χ1v) is 4.75. The Labute approximate surface area is 84.7 Å². The molecule has 0 saturated heterocycles. The van der Waals surface area contributed by atoms with E-state index in [1.54, 1.807) is 13.8 Å². The van der Waals surface area contributed by atoms with Crippen molar-refractivity contribution in [1.29, 1.82) is 0 Å². The van der Waals surface area contributed by atoms with E-state index in [0.717, 1.165) is 11.3 Å². The van der Waals surface area contributed by atoms with Crippen LogP contribution in [0.4, 0.5) is 10.1 Å². The molecule has 7 heteroatoms. The minimum Gasteiger partial charge on any atom is -0.394 e. The van der Waals surface area contributed by atoms with Crippen LogP contribution in [0.15, 0.2) is 6.20 Å². The molecular formula is C7H11N3O3S. The summed E-state index contributed by atoms with van der Waals surface area (Å²) in [6, 6.07) is 0. The zero-order valence-electron chi connectivity index (χ0n) is 7.85. The maximum absolute atomic E-state index is 10.3. The first kappa shape index (κ1) is 10.9. The van der Waals surface area contributed by atoms with Gasteiger partial charge in [0.05, 0.1) is 17.1 Å². The van der Waals surface area contributed by atoms with Gasteiger partial charge < -0.3 is 10.4 Å². The fourth-order valence-corrected chi connectivity index (χ4v) is 1.55. The molecule has 0 aliphatic heterocycles. The highest BCUT2D eigenvalue weighted by atomic mass is 32.1. The topological polar surface area (TPSA) is 88.3 Å². The zero-order chi connectivity index (χ0) is 10.8. The van der Waals surface area contributed by atoms with Crippen molar-refractivity contribution in [3.8, 4) is 0 Å². The third kappa shape index (κ3) is 2.64. The Morgan fingerprint density at radius 3 is 2.86 bits per heavy atom. The number of hydrogen-bond acceptors (Lipinski definition) is 6. The molecule has 14 heavy (non-hydrogen) atoms. The lowest BCUT2D eigenvalue weighted by molar-refractivity contribution is -0.380. The Morgan fingerprint density at radius 2 is 2.43 bits per heavy atom. The third-order valence-electron chi connectivity index (χ3n) is 1.51. The molecule has 0 spiro atoms. The van der Waals surface area contributed by atoms with Crippen LogP contribution in [0, 0.1) is 10.1 Å². The third-order valence-corrected chi connectivity index (χ3v) is 2.38. The van der Waals surface area contributed by atoms with Crippen molar-refractivity contribution >= 4 is 21.5 Å². The average molecular weight is 217 g/mol. The summed E-state index contributed by atoms with van der Waals surface area (Å²) in [7, 11) is 0. The summed E-state index contributed by atoms with van der Waals surface area (Å²) < 4.78 is 0. The van der Waals surface area contributed by atoms with E-state index in [1.807, 2.05) is 0 Å². The van der Waals surface area contributed by atoms with Gasteiger partial charge in [0.15, 0.2) is 5.13 Å². The SMILES string of the molecule is CC(C)(CO)Nc1ncc([N+](=O)[O-])s1. The molecule has 1 aromatic heterocycles. The van der Waals surface area contributed by atoms with E-state index in [-0.39, 0.29) is 11.6 Å². The molecule has 2 N–H and O–H groups in total. The Kier molecular flexibility index (Phi) is 3.02. The fraction of sp³-hybridized carbons (Fsp3) is 0.571. The summed E-state index contributed by atoms with van der Waals surface area (Å²) >= 11 is 0.951. The number of aliphatic hydroxyl groups excluding tert-OH is 1. The van der Waals surface area contributed by atoms with Gasteiger partial charge in [-0.2, -0.15) is 0 Å². The quantitative estimate of drug-likeness (QED) is 0.585. The van der Waals surface area contributed by atoms with Gasteiger partial charge in [0, 0.05) is 0 Å². The van der Waals surface area contributed by atoms with Gasteiger partial charge in [-0.05, 0) is 25.2 Å². The molecule has 6 nitrogen and oxygen atoms in total. The molecule has 0 saturated carbocycles. The van der Waals surface area contributed by atoms with Crippen LogP contribution < -0.4 is 5.32 Å². The fourth-order valence-electron chi connectivity index (χ4n) is 0.737. The largest absolute Gasteiger partial charge is 0.394 e. The van der Waals surface area contributed by atoms with Crippen LogP contribution in [0.5, 0.6) is 0 Å². The van der Waals surface area contributed by atoms with Crippen molar-refractivity contribution in [3.63, 3.8) is 0 Å². The Morgan fingerprint density at radius 1 is 1.79 bits per heavy atom. The lowest BCUT2D eigenvalue weighted by atomic mass is 10.1. The standard InChI is InChI=1S/C7H11N3O3S/c1-7(2,4-11)9-6-8-3-5(14-6)10(12)13/h3,11H,4H2,1-2H3,(H,8,9). The molecule has 0 bridgehead atoms. The highest BCUT2D eigenvalue weighted by Gasteiger charge is 2.19. The highest BCUT2D eigenvalue weighted by Crippen LogP contribution is 2.26. The molecule has 1 heterocycles. The number of anilines is 1. The van der Waals surface area contributed by atoms with Crippen LogP contribution in [-0.2, 0) is 0 Å². The summed E-state index contributed by atoms with van der Waals surface area (Å²) in [5.41, 5.74) is -0.522. The van der Waals surface area contributed by atoms with Crippen LogP contribution in [0.1, 0.15) is 13.8 Å². The Bertz CT molecular complexity index is 337. The van der Waals surface area contributed by atoms with Crippen LogP contribution in [-0.4, -0.2) is 27.2 Å². The molecule has 1 rings (SSSR count). The maximum Gasteiger partial charge on any atom is 0.345 e. The Hall–Kier alpha value is -1.21. The second kappa shape index (κ2) is 3.89. The summed E-state index contributed by atoms with van der Waals surface area (Å²) in [6.45, 7) is 3.49. The first-order valence-electron chi connectivity index (χ1n) is 3.94.